The van der Waals surface area contributed by atoms with E-state index in [0.717, 1.165) is 12.1 Å². The van der Waals surface area contributed by atoms with Gasteiger partial charge < -0.3 is 24.8 Å². The molecule has 32 heavy (non-hydrogen) atoms. The summed E-state index contributed by atoms with van der Waals surface area (Å²) in [6.07, 6.45) is 0. The zero-order chi connectivity index (χ0) is 24.0. The van der Waals surface area contributed by atoms with Crippen molar-refractivity contribution < 1.29 is 40.8 Å². The third kappa shape index (κ3) is 4.65. The SMILES string of the molecule is CC(=O)N[C@@H](C(=O)N[C@@H]1C(=O)N2[C@@H]1SC(C)(C)[C@@H]2C(=O)O)c1ccc(OS(=O)(=O)F)cc1. The van der Waals surface area contributed by atoms with Crippen molar-refractivity contribution in [3.63, 3.8) is 0 Å². The number of halogens is 1. The maximum Gasteiger partial charge on any atom is 0.488 e. The Bertz CT molecular complexity index is 1080. The van der Waals surface area contributed by atoms with Crippen molar-refractivity contribution in [2.75, 3.05) is 0 Å². The van der Waals surface area contributed by atoms with Gasteiger partial charge >= 0.3 is 16.5 Å². The van der Waals surface area contributed by atoms with Crippen molar-refractivity contribution >= 4 is 46.0 Å². The van der Waals surface area contributed by atoms with Gasteiger partial charge in [0.1, 0.15) is 29.2 Å². The lowest BCUT2D eigenvalue weighted by atomic mass is 9.95. The fourth-order valence-electron chi connectivity index (χ4n) is 3.72. The number of nitrogens with zero attached hydrogens (tertiary/aromatic N) is 1. The van der Waals surface area contributed by atoms with E-state index >= 15 is 0 Å². The van der Waals surface area contributed by atoms with Gasteiger partial charge in [-0.15, -0.1) is 11.8 Å². The number of benzene rings is 1. The molecule has 2 heterocycles. The van der Waals surface area contributed by atoms with Crippen molar-refractivity contribution in [1.29, 1.82) is 0 Å². The Morgan fingerprint density at radius 2 is 1.84 bits per heavy atom. The first-order valence-corrected chi connectivity index (χ1v) is 11.4. The topological polar surface area (TPSA) is 159 Å². The molecule has 1 aromatic rings. The van der Waals surface area contributed by atoms with Gasteiger partial charge in [-0.2, -0.15) is 8.42 Å². The van der Waals surface area contributed by atoms with Crippen LogP contribution in [0.25, 0.3) is 0 Å². The van der Waals surface area contributed by atoms with Crippen LogP contribution in [0.1, 0.15) is 32.4 Å². The number of carbonyl (C=O) groups excluding carboxylic acids is 3. The van der Waals surface area contributed by atoms with Crippen LogP contribution >= 0.6 is 11.8 Å². The number of carboxylic acids is 1. The number of rotatable bonds is 7. The Labute approximate surface area is 187 Å². The highest BCUT2D eigenvalue weighted by Crippen LogP contribution is 2.50. The average molecular weight is 490 g/mol. The number of hydrogen-bond donors (Lipinski definition) is 3. The molecular formula is C18H20FN3O8S2. The number of carbonyl (C=O) groups is 4. The molecule has 11 nitrogen and oxygen atoms in total. The van der Waals surface area contributed by atoms with Gasteiger partial charge in [0.15, 0.2) is 0 Å². The quantitative estimate of drug-likeness (QED) is 0.356. The van der Waals surface area contributed by atoms with E-state index in [-0.39, 0.29) is 11.3 Å². The lowest BCUT2D eigenvalue weighted by molar-refractivity contribution is -0.161. The normalized spacial score (nSPS) is 24.7. The molecule has 174 valence electrons. The van der Waals surface area contributed by atoms with Crippen molar-refractivity contribution in [3.05, 3.63) is 29.8 Å². The van der Waals surface area contributed by atoms with Gasteiger partial charge in [-0.25, -0.2) is 4.79 Å². The molecule has 2 aliphatic heterocycles. The van der Waals surface area contributed by atoms with Gasteiger partial charge in [0.2, 0.25) is 17.7 Å². The highest BCUT2D eigenvalue weighted by atomic mass is 32.3. The number of carboxylic acid groups (broad SMARTS) is 1. The minimum Gasteiger partial charge on any atom is -0.480 e. The van der Waals surface area contributed by atoms with Gasteiger partial charge in [-0.1, -0.05) is 16.0 Å². The van der Waals surface area contributed by atoms with Crippen LogP contribution in [-0.2, 0) is 29.7 Å². The highest BCUT2D eigenvalue weighted by molar-refractivity contribution is 8.01. The summed E-state index contributed by atoms with van der Waals surface area (Å²) in [6, 6.07) is 1.43. The molecule has 2 fully saturated rings. The first-order valence-electron chi connectivity index (χ1n) is 9.25. The molecule has 2 aliphatic rings. The largest absolute Gasteiger partial charge is 0.488 e. The summed E-state index contributed by atoms with van der Waals surface area (Å²) in [5.41, 5.74) is 0.216. The average Bonchev–Trinajstić information content (AvgIpc) is 2.91. The second kappa shape index (κ2) is 8.24. The number of nitrogens with one attached hydrogen (secondary N) is 2. The van der Waals surface area contributed by atoms with Crippen LogP contribution in [0.15, 0.2) is 24.3 Å². The van der Waals surface area contributed by atoms with Crippen molar-refractivity contribution in [1.82, 2.24) is 15.5 Å². The molecule has 0 aromatic heterocycles. The lowest BCUT2D eigenvalue weighted by Crippen LogP contribution is -2.71. The molecule has 0 saturated carbocycles. The van der Waals surface area contributed by atoms with E-state index in [0.29, 0.717) is 0 Å². The summed E-state index contributed by atoms with van der Waals surface area (Å²) in [4.78, 5) is 49.9. The molecule has 4 atom stereocenters. The van der Waals surface area contributed by atoms with Crippen LogP contribution in [0.2, 0.25) is 0 Å². The predicted octanol–water partition coefficient (Wildman–Crippen LogP) is 0.0886. The fraction of sp³-hybridized carbons (Fsp3) is 0.444. The smallest absolute Gasteiger partial charge is 0.480 e. The number of thioether (sulfide) groups is 1. The third-order valence-electron chi connectivity index (χ3n) is 4.99. The number of amides is 3. The Kier molecular flexibility index (Phi) is 6.12. The summed E-state index contributed by atoms with van der Waals surface area (Å²) >= 11 is 1.25. The molecule has 1 aromatic carbocycles. The minimum atomic E-state index is -5.23. The highest BCUT2D eigenvalue weighted by Gasteiger charge is 2.64. The second-order valence-corrected chi connectivity index (χ2v) is 10.5. The maximum atomic E-state index is 12.9. The number of fused-ring (bicyclic) bond motifs is 1. The number of β-lactam (4-membered cyclic amide) rings is 1. The molecule has 0 aliphatic carbocycles. The summed E-state index contributed by atoms with van der Waals surface area (Å²) in [7, 11) is -5.23. The van der Waals surface area contributed by atoms with E-state index in [4.69, 9.17) is 0 Å². The van der Waals surface area contributed by atoms with Crippen LogP contribution in [0.4, 0.5) is 3.89 Å². The van der Waals surface area contributed by atoms with E-state index < -0.39 is 62.4 Å². The van der Waals surface area contributed by atoms with Crippen molar-refractivity contribution in [2.45, 2.75) is 49.0 Å². The van der Waals surface area contributed by atoms with Crippen LogP contribution in [-0.4, -0.2) is 64.3 Å². The molecule has 0 unspecified atom stereocenters. The Hall–Kier alpha value is -2.87. The van der Waals surface area contributed by atoms with Crippen LogP contribution in [0.3, 0.4) is 0 Å². The summed E-state index contributed by atoms with van der Waals surface area (Å²) < 4.78 is 37.1. The van der Waals surface area contributed by atoms with Gasteiger partial charge in [0, 0.05) is 11.7 Å². The molecule has 3 N–H and O–H groups in total. The summed E-state index contributed by atoms with van der Waals surface area (Å²) in [5.74, 6) is -3.32. The van der Waals surface area contributed by atoms with Gasteiger partial charge in [0.25, 0.3) is 0 Å². The van der Waals surface area contributed by atoms with E-state index in [9.17, 15) is 36.6 Å². The Morgan fingerprint density at radius 1 is 1.25 bits per heavy atom. The molecule has 2 saturated heterocycles. The number of aliphatic carboxylic acids is 1. The van der Waals surface area contributed by atoms with Crippen molar-refractivity contribution in [2.24, 2.45) is 0 Å². The molecular weight excluding hydrogens is 469 g/mol. The maximum absolute atomic E-state index is 12.9. The lowest BCUT2D eigenvalue weighted by Gasteiger charge is -2.44. The molecule has 0 bridgehead atoms. The second-order valence-electron chi connectivity index (χ2n) is 7.76. The standard InChI is InChI=1S/C18H20FN3O8S2/c1-8(23)20-11(9-4-6-10(7-5-9)30-32(19,28)29)14(24)21-12-15(25)22-13(17(26)27)18(2,3)31-16(12)22/h4-7,11-13,16H,1-3H3,(H,20,23)(H,21,24)(H,26,27)/t11-,12-,13+,16-/m1/s1. The summed E-state index contributed by atoms with van der Waals surface area (Å²) in [6.45, 7) is 4.57. The monoisotopic (exact) mass is 489 g/mol. The van der Waals surface area contributed by atoms with Gasteiger partial charge in [0.05, 0.1) is 0 Å². The van der Waals surface area contributed by atoms with Crippen LogP contribution in [0.5, 0.6) is 5.75 Å². The minimum absolute atomic E-state index is 0.216. The molecule has 0 spiro atoms. The molecule has 3 amide bonds. The summed E-state index contributed by atoms with van der Waals surface area (Å²) in [5, 5.41) is 13.9. The van der Waals surface area contributed by atoms with Crippen LogP contribution in [0, 0.1) is 0 Å². The zero-order valence-electron chi connectivity index (χ0n) is 17.1. The van der Waals surface area contributed by atoms with Crippen LogP contribution < -0.4 is 14.8 Å². The molecule has 14 heteroatoms. The Morgan fingerprint density at radius 3 is 2.34 bits per heavy atom. The van der Waals surface area contributed by atoms with E-state index in [2.05, 4.69) is 14.8 Å². The zero-order valence-corrected chi connectivity index (χ0v) is 18.7. The Balaban J connectivity index is 1.77. The fourth-order valence-corrected chi connectivity index (χ4v) is 5.68. The van der Waals surface area contributed by atoms with Gasteiger partial charge in [-0.3, -0.25) is 14.4 Å². The molecule has 3 rings (SSSR count). The van der Waals surface area contributed by atoms with E-state index in [1.54, 1.807) is 13.8 Å². The predicted molar refractivity (Wildman–Crippen MR) is 109 cm³/mol. The first-order chi connectivity index (χ1) is 14.7. The van der Waals surface area contributed by atoms with E-state index in [1.807, 2.05) is 0 Å². The third-order valence-corrected chi connectivity index (χ3v) is 6.95. The van der Waals surface area contributed by atoms with E-state index in [1.165, 1.54) is 35.7 Å². The molecule has 0 radical (unpaired) electrons. The van der Waals surface area contributed by atoms with Gasteiger partial charge in [-0.05, 0) is 31.5 Å². The first kappa shape index (κ1) is 23.8. The van der Waals surface area contributed by atoms with Crippen molar-refractivity contribution in [3.8, 4) is 5.75 Å². The number of hydrogen-bond acceptors (Lipinski definition) is 8.